The molecule has 3 aromatic rings. The van der Waals surface area contributed by atoms with Crippen LogP contribution in [0.15, 0.2) is 65.6 Å². The third-order valence-electron chi connectivity index (χ3n) is 4.09. The van der Waals surface area contributed by atoms with Gasteiger partial charge in [0.2, 0.25) is 5.91 Å². The molecule has 7 heteroatoms. The molecule has 0 saturated carbocycles. The van der Waals surface area contributed by atoms with Gasteiger partial charge in [-0.2, -0.15) is 0 Å². The van der Waals surface area contributed by atoms with Crippen LogP contribution in [-0.2, 0) is 11.3 Å². The second-order valence-electron chi connectivity index (χ2n) is 6.06. The summed E-state index contributed by atoms with van der Waals surface area (Å²) in [5, 5.41) is 5.34. The maximum absolute atomic E-state index is 12.2. The summed E-state index contributed by atoms with van der Waals surface area (Å²) in [6.07, 6.45) is 1.62. The number of aromatic amines is 1. The van der Waals surface area contributed by atoms with Crippen LogP contribution in [0, 0.1) is 6.92 Å². The number of hydrogen-bond acceptors (Lipinski definition) is 3. The molecule has 0 spiro atoms. The van der Waals surface area contributed by atoms with Gasteiger partial charge in [-0.25, -0.2) is 4.79 Å². The van der Waals surface area contributed by atoms with Crippen molar-refractivity contribution in [2.45, 2.75) is 13.5 Å². The van der Waals surface area contributed by atoms with Crippen LogP contribution in [0.2, 0.25) is 0 Å². The summed E-state index contributed by atoms with van der Waals surface area (Å²) in [5.41, 5.74) is 2.60. The van der Waals surface area contributed by atoms with Crippen molar-refractivity contribution in [2.24, 2.45) is 0 Å². The number of aryl methyl sites for hydroxylation is 1. The van der Waals surface area contributed by atoms with Crippen LogP contribution in [0.5, 0.6) is 0 Å². The number of hydrogen-bond donors (Lipinski definition) is 3. The van der Waals surface area contributed by atoms with Gasteiger partial charge in [-0.3, -0.25) is 14.2 Å². The highest BCUT2D eigenvalue weighted by Gasteiger charge is 2.10. The largest absolute Gasteiger partial charge is 0.350 e. The summed E-state index contributed by atoms with van der Waals surface area (Å²) in [5.74, 6) is -0.618. The van der Waals surface area contributed by atoms with E-state index in [0.29, 0.717) is 17.8 Å². The van der Waals surface area contributed by atoms with E-state index in [9.17, 15) is 14.4 Å². The molecule has 0 saturated heterocycles. The number of H-pyrrole nitrogens is 1. The van der Waals surface area contributed by atoms with Crippen LogP contribution in [0.3, 0.4) is 0 Å². The monoisotopic (exact) mass is 364 g/mol. The molecular formula is C20H20N4O3. The first kappa shape index (κ1) is 18.2. The summed E-state index contributed by atoms with van der Waals surface area (Å²) >= 11 is 0. The zero-order valence-corrected chi connectivity index (χ0v) is 14.9. The fourth-order valence-corrected chi connectivity index (χ4v) is 2.66. The Labute approximate surface area is 156 Å². The molecule has 138 valence electrons. The zero-order chi connectivity index (χ0) is 19.2. The van der Waals surface area contributed by atoms with Crippen LogP contribution in [-0.4, -0.2) is 27.9 Å². The molecule has 3 rings (SSSR count). The van der Waals surface area contributed by atoms with Crippen LogP contribution in [0.25, 0.3) is 5.69 Å². The number of amides is 2. The lowest BCUT2D eigenvalue weighted by Crippen LogP contribution is -2.36. The Morgan fingerprint density at radius 3 is 2.33 bits per heavy atom. The van der Waals surface area contributed by atoms with Crippen molar-refractivity contribution in [1.82, 2.24) is 20.2 Å². The van der Waals surface area contributed by atoms with Crippen molar-refractivity contribution in [3.63, 3.8) is 0 Å². The Kier molecular flexibility index (Phi) is 5.51. The summed E-state index contributed by atoms with van der Waals surface area (Å²) in [7, 11) is 0. The molecule has 1 heterocycles. The summed E-state index contributed by atoms with van der Waals surface area (Å²) < 4.78 is 1.51. The Hall–Kier alpha value is -3.61. The molecule has 0 bridgehead atoms. The first-order valence-corrected chi connectivity index (χ1v) is 8.51. The molecule has 3 N–H and O–H groups in total. The van der Waals surface area contributed by atoms with E-state index in [2.05, 4.69) is 15.6 Å². The molecule has 7 nitrogen and oxygen atoms in total. The third-order valence-corrected chi connectivity index (χ3v) is 4.09. The minimum absolute atomic E-state index is 0.107. The van der Waals surface area contributed by atoms with E-state index in [0.717, 1.165) is 11.3 Å². The van der Waals surface area contributed by atoms with Gasteiger partial charge in [0.15, 0.2) is 0 Å². The number of nitrogens with zero attached hydrogens (tertiary/aromatic N) is 1. The topological polar surface area (TPSA) is 96.0 Å². The zero-order valence-electron chi connectivity index (χ0n) is 14.9. The maximum atomic E-state index is 12.2. The number of benzene rings is 2. The van der Waals surface area contributed by atoms with Gasteiger partial charge in [-0.05, 0) is 36.8 Å². The van der Waals surface area contributed by atoms with E-state index in [1.807, 2.05) is 37.3 Å². The van der Waals surface area contributed by atoms with Crippen molar-refractivity contribution in [3.8, 4) is 5.69 Å². The average molecular weight is 364 g/mol. The Bertz CT molecular complexity index is 988. The van der Waals surface area contributed by atoms with Gasteiger partial charge >= 0.3 is 5.69 Å². The molecule has 2 aromatic carbocycles. The second-order valence-corrected chi connectivity index (χ2v) is 6.06. The lowest BCUT2D eigenvalue weighted by Gasteiger charge is -2.08. The highest BCUT2D eigenvalue weighted by Crippen LogP contribution is 2.10. The lowest BCUT2D eigenvalue weighted by atomic mass is 10.2. The third kappa shape index (κ3) is 4.52. The van der Waals surface area contributed by atoms with E-state index in [4.69, 9.17) is 0 Å². The van der Waals surface area contributed by atoms with Crippen molar-refractivity contribution in [2.75, 3.05) is 6.54 Å². The first-order chi connectivity index (χ1) is 13.0. The molecule has 2 amide bonds. The Morgan fingerprint density at radius 2 is 1.70 bits per heavy atom. The molecule has 27 heavy (non-hydrogen) atoms. The highest BCUT2D eigenvalue weighted by molar-refractivity contribution is 5.96. The maximum Gasteiger partial charge on any atom is 0.330 e. The van der Waals surface area contributed by atoms with E-state index in [1.54, 1.807) is 30.5 Å². The molecule has 1 aromatic heterocycles. The van der Waals surface area contributed by atoms with Crippen LogP contribution in [0.4, 0.5) is 0 Å². The summed E-state index contributed by atoms with van der Waals surface area (Å²) in [4.78, 5) is 38.5. The molecular weight excluding hydrogens is 344 g/mol. The number of carbonyl (C=O) groups excluding carboxylic acids is 2. The van der Waals surface area contributed by atoms with E-state index in [-0.39, 0.29) is 24.0 Å². The number of aromatic nitrogens is 2. The Balaban J connectivity index is 1.54. The molecule has 0 radical (unpaired) electrons. The van der Waals surface area contributed by atoms with Gasteiger partial charge < -0.3 is 15.6 Å². The smallest absolute Gasteiger partial charge is 0.330 e. The normalized spacial score (nSPS) is 10.4. The SMILES string of the molecule is Cc1c[nH]c(=O)n1-c1ccc(C(=O)NCC(=O)NCc2ccccc2)cc1. The number of rotatable bonds is 6. The molecule has 0 atom stereocenters. The summed E-state index contributed by atoms with van der Waals surface area (Å²) in [6, 6.07) is 16.1. The fraction of sp³-hybridized carbons (Fsp3) is 0.150. The Morgan fingerprint density at radius 1 is 1.00 bits per heavy atom. The minimum atomic E-state index is -0.352. The fourth-order valence-electron chi connectivity index (χ4n) is 2.66. The van der Waals surface area contributed by atoms with Crippen molar-refractivity contribution < 1.29 is 9.59 Å². The molecule has 0 unspecified atom stereocenters. The van der Waals surface area contributed by atoms with Gasteiger partial charge in [0.1, 0.15) is 0 Å². The molecule has 0 aliphatic heterocycles. The first-order valence-electron chi connectivity index (χ1n) is 8.51. The quantitative estimate of drug-likeness (QED) is 0.619. The molecule has 0 fully saturated rings. The van der Waals surface area contributed by atoms with E-state index < -0.39 is 0 Å². The van der Waals surface area contributed by atoms with Crippen LogP contribution < -0.4 is 16.3 Å². The van der Waals surface area contributed by atoms with Gasteiger partial charge in [0.25, 0.3) is 5.91 Å². The van der Waals surface area contributed by atoms with Gasteiger partial charge in [0, 0.05) is 24.0 Å². The molecule has 0 aliphatic carbocycles. The second kappa shape index (κ2) is 8.18. The van der Waals surface area contributed by atoms with Gasteiger partial charge in [0.05, 0.1) is 12.2 Å². The standard InChI is InChI=1S/C20H20N4O3/c1-14-11-23-20(27)24(14)17-9-7-16(8-10-17)19(26)22-13-18(25)21-12-15-5-3-2-4-6-15/h2-11H,12-13H2,1H3,(H,21,25)(H,22,26)(H,23,27). The predicted molar refractivity (Wildman–Crippen MR) is 102 cm³/mol. The van der Waals surface area contributed by atoms with Gasteiger partial charge in [-0.15, -0.1) is 0 Å². The lowest BCUT2D eigenvalue weighted by molar-refractivity contribution is -0.120. The number of nitrogens with one attached hydrogen (secondary N) is 3. The van der Waals surface area contributed by atoms with Gasteiger partial charge in [-0.1, -0.05) is 30.3 Å². The van der Waals surface area contributed by atoms with Crippen molar-refractivity contribution in [1.29, 1.82) is 0 Å². The number of imidazole rings is 1. The van der Waals surface area contributed by atoms with Crippen LogP contribution in [0.1, 0.15) is 21.6 Å². The van der Waals surface area contributed by atoms with E-state index >= 15 is 0 Å². The van der Waals surface area contributed by atoms with Crippen molar-refractivity contribution >= 4 is 11.8 Å². The van der Waals surface area contributed by atoms with Crippen molar-refractivity contribution in [3.05, 3.63) is 88.1 Å². The summed E-state index contributed by atoms with van der Waals surface area (Å²) in [6.45, 7) is 2.12. The molecule has 0 aliphatic rings. The van der Waals surface area contributed by atoms with Crippen LogP contribution >= 0.6 is 0 Å². The number of carbonyl (C=O) groups is 2. The predicted octanol–water partition coefficient (Wildman–Crippen LogP) is 1.52. The van der Waals surface area contributed by atoms with E-state index in [1.165, 1.54) is 4.57 Å². The highest BCUT2D eigenvalue weighted by atomic mass is 16.2. The average Bonchev–Trinajstić information content (AvgIpc) is 3.03. The minimum Gasteiger partial charge on any atom is -0.350 e.